The standard InChI is InChI=1S/C18H23N5O2/c1-12-4-3-9-23(11-12)18-20-10-15(16(19)22-18)17(24)21-13-5-7-14(25-2)8-6-13/h5-8,10,12H,3-4,9,11H2,1-2H3,(H,21,24)(H2,19,20,22)/t12-/m1/s1. The third-order valence-electron chi connectivity index (χ3n) is 4.34. The molecule has 7 heteroatoms. The van der Waals surface area contributed by atoms with Crippen molar-refractivity contribution in [1.29, 1.82) is 0 Å². The molecule has 1 saturated heterocycles. The summed E-state index contributed by atoms with van der Waals surface area (Å²) in [6.45, 7) is 4.05. The van der Waals surface area contributed by atoms with Gasteiger partial charge in [0.05, 0.1) is 7.11 Å². The van der Waals surface area contributed by atoms with Crippen LogP contribution >= 0.6 is 0 Å². The van der Waals surface area contributed by atoms with Crippen LogP contribution in [0.25, 0.3) is 0 Å². The van der Waals surface area contributed by atoms with Gasteiger partial charge in [-0.1, -0.05) is 6.92 Å². The van der Waals surface area contributed by atoms with Crippen molar-refractivity contribution >= 4 is 23.4 Å². The number of amides is 1. The van der Waals surface area contributed by atoms with E-state index in [0.29, 0.717) is 17.6 Å². The molecule has 1 atom stereocenters. The van der Waals surface area contributed by atoms with Crippen LogP contribution in [-0.4, -0.2) is 36.1 Å². The number of ether oxygens (including phenoxy) is 1. The maximum atomic E-state index is 12.4. The maximum absolute atomic E-state index is 12.4. The number of piperidine rings is 1. The van der Waals surface area contributed by atoms with Crippen LogP contribution in [0.3, 0.4) is 0 Å². The van der Waals surface area contributed by atoms with Gasteiger partial charge in [-0.05, 0) is 43.0 Å². The minimum atomic E-state index is -0.332. The second-order valence-electron chi connectivity index (χ2n) is 6.34. The van der Waals surface area contributed by atoms with Gasteiger partial charge in [0.2, 0.25) is 5.95 Å². The summed E-state index contributed by atoms with van der Waals surface area (Å²) in [6, 6.07) is 7.07. The molecule has 1 aromatic carbocycles. The highest BCUT2D eigenvalue weighted by atomic mass is 16.5. The molecule has 1 aliphatic rings. The number of nitrogen functional groups attached to an aromatic ring is 1. The zero-order chi connectivity index (χ0) is 17.8. The minimum Gasteiger partial charge on any atom is -0.497 e. The van der Waals surface area contributed by atoms with Gasteiger partial charge < -0.3 is 20.7 Å². The molecule has 1 amide bonds. The van der Waals surface area contributed by atoms with E-state index in [2.05, 4.69) is 27.1 Å². The first-order valence-electron chi connectivity index (χ1n) is 8.39. The van der Waals surface area contributed by atoms with Crippen molar-refractivity contribution in [2.24, 2.45) is 5.92 Å². The van der Waals surface area contributed by atoms with Gasteiger partial charge in [0, 0.05) is 25.0 Å². The maximum Gasteiger partial charge on any atom is 0.260 e. The Morgan fingerprint density at radius 2 is 2.12 bits per heavy atom. The molecular formula is C18H23N5O2. The zero-order valence-corrected chi connectivity index (χ0v) is 14.5. The summed E-state index contributed by atoms with van der Waals surface area (Å²) >= 11 is 0. The van der Waals surface area contributed by atoms with Crippen molar-refractivity contribution in [3.8, 4) is 5.75 Å². The monoisotopic (exact) mass is 341 g/mol. The fourth-order valence-electron chi connectivity index (χ4n) is 2.96. The van der Waals surface area contributed by atoms with Gasteiger partial charge >= 0.3 is 0 Å². The van der Waals surface area contributed by atoms with Crippen molar-refractivity contribution < 1.29 is 9.53 Å². The van der Waals surface area contributed by atoms with Crippen LogP contribution in [0.15, 0.2) is 30.5 Å². The number of anilines is 3. The molecule has 1 aromatic heterocycles. The van der Waals surface area contributed by atoms with Crippen LogP contribution in [0, 0.1) is 5.92 Å². The lowest BCUT2D eigenvalue weighted by atomic mass is 10.0. The Morgan fingerprint density at radius 3 is 2.76 bits per heavy atom. The molecule has 0 aliphatic carbocycles. The summed E-state index contributed by atoms with van der Waals surface area (Å²) < 4.78 is 5.10. The van der Waals surface area contributed by atoms with Gasteiger partial charge in [0.1, 0.15) is 17.1 Å². The van der Waals surface area contributed by atoms with Crippen LogP contribution in [0.1, 0.15) is 30.1 Å². The summed E-state index contributed by atoms with van der Waals surface area (Å²) in [7, 11) is 1.59. The fourth-order valence-corrected chi connectivity index (χ4v) is 2.96. The summed E-state index contributed by atoms with van der Waals surface area (Å²) in [5.41, 5.74) is 6.92. The number of rotatable bonds is 4. The normalized spacial score (nSPS) is 17.2. The van der Waals surface area contributed by atoms with E-state index in [-0.39, 0.29) is 17.3 Å². The van der Waals surface area contributed by atoms with Crippen LogP contribution in [0.2, 0.25) is 0 Å². The van der Waals surface area contributed by atoms with Gasteiger partial charge in [0.25, 0.3) is 5.91 Å². The van der Waals surface area contributed by atoms with E-state index in [0.717, 1.165) is 25.3 Å². The predicted molar refractivity (Wildman–Crippen MR) is 98.0 cm³/mol. The molecule has 2 heterocycles. The van der Waals surface area contributed by atoms with Gasteiger partial charge in [0.15, 0.2) is 0 Å². The molecule has 0 saturated carbocycles. The van der Waals surface area contributed by atoms with Crippen LogP contribution in [-0.2, 0) is 0 Å². The van der Waals surface area contributed by atoms with Gasteiger partial charge in [-0.2, -0.15) is 4.98 Å². The third kappa shape index (κ3) is 3.99. The molecule has 7 nitrogen and oxygen atoms in total. The van der Waals surface area contributed by atoms with Crippen LogP contribution in [0.4, 0.5) is 17.5 Å². The van der Waals surface area contributed by atoms with Crippen LogP contribution < -0.4 is 20.7 Å². The average molecular weight is 341 g/mol. The molecule has 1 aliphatic heterocycles. The number of nitrogens with two attached hydrogens (primary N) is 1. The van der Waals surface area contributed by atoms with Crippen molar-refractivity contribution in [2.45, 2.75) is 19.8 Å². The first-order valence-corrected chi connectivity index (χ1v) is 8.39. The Bertz CT molecular complexity index is 748. The molecule has 3 N–H and O–H groups in total. The van der Waals surface area contributed by atoms with E-state index < -0.39 is 0 Å². The SMILES string of the molecule is COc1ccc(NC(=O)c2cnc(N3CCC[C@@H](C)C3)nc2N)cc1. The number of benzene rings is 1. The smallest absolute Gasteiger partial charge is 0.260 e. The highest BCUT2D eigenvalue weighted by Crippen LogP contribution is 2.22. The van der Waals surface area contributed by atoms with E-state index in [4.69, 9.17) is 10.5 Å². The number of hydrogen-bond acceptors (Lipinski definition) is 6. The average Bonchev–Trinajstić information content (AvgIpc) is 2.62. The number of hydrogen-bond donors (Lipinski definition) is 2. The summed E-state index contributed by atoms with van der Waals surface area (Å²) in [5, 5.41) is 2.79. The quantitative estimate of drug-likeness (QED) is 0.888. The largest absolute Gasteiger partial charge is 0.497 e. The van der Waals surface area contributed by atoms with Gasteiger partial charge in [-0.15, -0.1) is 0 Å². The molecule has 2 aromatic rings. The van der Waals surface area contributed by atoms with Gasteiger partial charge in [-0.3, -0.25) is 4.79 Å². The molecule has 3 rings (SSSR count). The molecule has 0 unspecified atom stereocenters. The molecule has 132 valence electrons. The van der Waals surface area contributed by atoms with Gasteiger partial charge in [-0.25, -0.2) is 4.98 Å². The van der Waals surface area contributed by atoms with E-state index in [9.17, 15) is 4.79 Å². The minimum absolute atomic E-state index is 0.189. The fraction of sp³-hybridized carbons (Fsp3) is 0.389. The number of carbonyl (C=O) groups excluding carboxylic acids is 1. The summed E-state index contributed by atoms with van der Waals surface area (Å²) in [5.74, 6) is 1.78. The second kappa shape index (κ2) is 7.38. The number of nitrogens with zero attached hydrogens (tertiary/aromatic N) is 3. The van der Waals surface area contributed by atoms with E-state index in [1.54, 1.807) is 31.4 Å². The Morgan fingerprint density at radius 1 is 1.36 bits per heavy atom. The molecule has 1 fully saturated rings. The van der Waals surface area contributed by atoms with E-state index >= 15 is 0 Å². The Labute approximate surface area is 147 Å². The predicted octanol–water partition coefficient (Wildman–Crippen LogP) is 2.56. The highest BCUT2D eigenvalue weighted by molar-refractivity contribution is 6.07. The lowest BCUT2D eigenvalue weighted by molar-refractivity contribution is 0.102. The van der Waals surface area contributed by atoms with Crippen molar-refractivity contribution in [2.75, 3.05) is 36.1 Å². The van der Waals surface area contributed by atoms with Crippen molar-refractivity contribution in [1.82, 2.24) is 9.97 Å². The highest BCUT2D eigenvalue weighted by Gasteiger charge is 2.20. The van der Waals surface area contributed by atoms with E-state index in [1.807, 2.05) is 0 Å². The molecule has 0 spiro atoms. The van der Waals surface area contributed by atoms with Crippen LogP contribution in [0.5, 0.6) is 5.75 Å². The second-order valence-corrected chi connectivity index (χ2v) is 6.34. The Hall–Kier alpha value is -2.83. The topological polar surface area (TPSA) is 93.4 Å². The molecular weight excluding hydrogens is 318 g/mol. The number of carbonyl (C=O) groups is 1. The third-order valence-corrected chi connectivity index (χ3v) is 4.34. The first kappa shape index (κ1) is 17.0. The number of aromatic nitrogens is 2. The number of nitrogens with one attached hydrogen (secondary N) is 1. The first-order chi connectivity index (χ1) is 12.1. The lowest BCUT2D eigenvalue weighted by Crippen LogP contribution is -2.35. The van der Waals surface area contributed by atoms with E-state index in [1.165, 1.54) is 12.6 Å². The molecule has 0 bridgehead atoms. The summed E-state index contributed by atoms with van der Waals surface area (Å²) in [4.78, 5) is 23.2. The van der Waals surface area contributed by atoms with Crippen molar-refractivity contribution in [3.05, 3.63) is 36.0 Å². The molecule has 25 heavy (non-hydrogen) atoms. The Kier molecular flexibility index (Phi) is 5.02. The molecule has 0 radical (unpaired) electrons. The lowest BCUT2D eigenvalue weighted by Gasteiger charge is -2.31. The summed E-state index contributed by atoms with van der Waals surface area (Å²) in [6.07, 6.45) is 3.83. The number of methoxy groups -OCH3 is 1. The Balaban J connectivity index is 1.72. The van der Waals surface area contributed by atoms with Crippen molar-refractivity contribution in [3.63, 3.8) is 0 Å². The zero-order valence-electron chi connectivity index (χ0n) is 14.5.